The van der Waals surface area contributed by atoms with E-state index in [4.69, 9.17) is 0 Å². The Kier molecular flexibility index (Phi) is 5.91. The number of fused-ring (bicyclic) bond motifs is 1. The van der Waals surface area contributed by atoms with Gasteiger partial charge in [-0.2, -0.15) is 0 Å². The van der Waals surface area contributed by atoms with Gasteiger partial charge in [-0.1, -0.05) is 31.2 Å². The van der Waals surface area contributed by atoms with Gasteiger partial charge >= 0.3 is 6.03 Å². The molecule has 0 aliphatic carbocycles. The molecule has 1 saturated heterocycles. The Balaban J connectivity index is 1.39. The van der Waals surface area contributed by atoms with Crippen molar-refractivity contribution >= 4 is 11.9 Å². The van der Waals surface area contributed by atoms with Crippen LogP contribution < -0.4 is 16.0 Å². The molecule has 0 radical (unpaired) electrons. The van der Waals surface area contributed by atoms with Crippen LogP contribution in [0.5, 0.6) is 0 Å². The molecule has 0 spiro atoms. The standard InChI is InChI=1S/C19H28N4O2/c1-14-12-20-9-6-17(14)22-18(24)7-10-21-19(25)23-11-8-15-4-2-3-5-16(15)13-23/h2-5,14,17,20H,6-13H2,1H3,(H,21,25)(H,22,24). The lowest BCUT2D eigenvalue weighted by atomic mass is 9.95. The van der Waals surface area contributed by atoms with Crippen molar-refractivity contribution in [2.24, 2.45) is 5.92 Å². The van der Waals surface area contributed by atoms with Crippen molar-refractivity contribution in [1.29, 1.82) is 0 Å². The maximum atomic E-state index is 12.3. The largest absolute Gasteiger partial charge is 0.353 e. The Labute approximate surface area is 149 Å². The number of carbonyl (C=O) groups is 2. The Morgan fingerprint density at radius 1 is 1.28 bits per heavy atom. The van der Waals surface area contributed by atoms with Crippen LogP contribution in [0, 0.1) is 5.92 Å². The van der Waals surface area contributed by atoms with Gasteiger partial charge in [0, 0.05) is 32.1 Å². The quantitative estimate of drug-likeness (QED) is 0.770. The molecule has 0 aromatic heterocycles. The highest BCUT2D eigenvalue weighted by Crippen LogP contribution is 2.18. The van der Waals surface area contributed by atoms with Crippen LogP contribution in [0.25, 0.3) is 0 Å². The normalized spacial score (nSPS) is 22.8. The van der Waals surface area contributed by atoms with Crippen LogP contribution in [0.4, 0.5) is 4.79 Å². The first kappa shape index (κ1) is 17.7. The summed E-state index contributed by atoms with van der Waals surface area (Å²) in [4.78, 5) is 26.2. The van der Waals surface area contributed by atoms with Crippen molar-refractivity contribution in [1.82, 2.24) is 20.9 Å². The zero-order valence-electron chi connectivity index (χ0n) is 14.9. The summed E-state index contributed by atoms with van der Waals surface area (Å²) in [5, 5.41) is 9.29. The SMILES string of the molecule is CC1CNCCC1NC(=O)CCNC(=O)N1CCc2ccccc2C1. The van der Waals surface area contributed by atoms with Crippen LogP contribution >= 0.6 is 0 Å². The van der Waals surface area contributed by atoms with Gasteiger partial charge in [-0.3, -0.25) is 4.79 Å². The van der Waals surface area contributed by atoms with Gasteiger partial charge in [0.05, 0.1) is 0 Å². The number of nitrogens with zero attached hydrogens (tertiary/aromatic N) is 1. The van der Waals surface area contributed by atoms with Crippen molar-refractivity contribution in [2.45, 2.75) is 38.8 Å². The smallest absolute Gasteiger partial charge is 0.317 e. The number of amides is 3. The number of rotatable bonds is 4. The molecule has 2 heterocycles. The molecule has 25 heavy (non-hydrogen) atoms. The first-order chi connectivity index (χ1) is 12.1. The number of benzene rings is 1. The zero-order valence-corrected chi connectivity index (χ0v) is 14.9. The van der Waals surface area contributed by atoms with E-state index in [9.17, 15) is 9.59 Å². The molecule has 1 aromatic rings. The molecule has 3 rings (SSSR count). The van der Waals surface area contributed by atoms with Crippen LogP contribution in [0.2, 0.25) is 0 Å². The highest BCUT2D eigenvalue weighted by atomic mass is 16.2. The minimum atomic E-state index is -0.0856. The van der Waals surface area contributed by atoms with Gasteiger partial charge in [-0.15, -0.1) is 0 Å². The van der Waals surface area contributed by atoms with E-state index in [1.54, 1.807) is 0 Å². The van der Waals surface area contributed by atoms with E-state index in [2.05, 4.69) is 35.0 Å². The fourth-order valence-electron chi connectivity index (χ4n) is 3.57. The fourth-order valence-corrected chi connectivity index (χ4v) is 3.57. The second kappa shape index (κ2) is 8.34. The molecule has 2 aliphatic rings. The lowest BCUT2D eigenvalue weighted by Gasteiger charge is -2.30. The Hall–Kier alpha value is -2.08. The third-order valence-corrected chi connectivity index (χ3v) is 5.18. The molecular weight excluding hydrogens is 316 g/mol. The van der Waals surface area contributed by atoms with Crippen LogP contribution in [0.15, 0.2) is 24.3 Å². The second-order valence-electron chi connectivity index (χ2n) is 7.07. The van der Waals surface area contributed by atoms with Crippen LogP contribution in [0.3, 0.4) is 0 Å². The monoisotopic (exact) mass is 344 g/mol. The Bertz CT molecular complexity index is 619. The van der Waals surface area contributed by atoms with Gasteiger partial charge in [-0.25, -0.2) is 4.79 Å². The minimum absolute atomic E-state index is 0.0167. The molecule has 2 aliphatic heterocycles. The maximum Gasteiger partial charge on any atom is 0.317 e. The highest BCUT2D eigenvalue weighted by molar-refractivity contribution is 5.78. The second-order valence-corrected chi connectivity index (χ2v) is 7.07. The van der Waals surface area contributed by atoms with E-state index in [1.807, 2.05) is 17.0 Å². The molecular formula is C19H28N4O2. The summed E-state index contributed by atoms with van der Waals surface area (Å²) in [6, 6.07) is 8.39. The maximum absolute atomic E-state index is 12.3. The first-order valence-electron chi connectivity index (χ1n) is 9.23. The van der Waals surface area contributed by atoms with Gasteiger partial charge in [0.25, 0.3) is 0 Å². The van der Waals surface area contributed by atoms with Crippen molar-refractivity contribution in [3.05, 3.63) is 35.4 Å². The van der Waals surface area contributed by atoms with Crippen LogP contribution in [-0.4, -0.2) is 49.1 Å². The Morgan fingerprint density at radius 3 is 2.88 bits per heavy atom. The van der Waals surface area contributed by atoms with Gasteiger partial charge < -0.3 is 20.9 Å². The minimum Gasteiger partial charge on any atom is -0.353 e. The fraction of sp³-hybridized carbons (Fsp3) is 0.579. The van der Waals surface area contributed by atoms with Gasteiger partial charge in [-0.05, 0) is 43.0 Å². The molecule has 0 saturated carbocycles. The van der Waals surface area contributed by atoms with Gasteiger partial charge in [0.15, 0.2) is 0 Å². The predicted octanol–water partition coefficient (Wildman–Crippen LogP) is 1.26. The molecule has 0 bridgehead atoms. The van der Waals surface area contributed by atoms with E-state index >= 15 is 0 Å². The molecule has 2 atom stereocenters. The number of piperidine rings is 1. The number of hydrogen-bond acceptors (Lipinski definition) is 3. The average Bonchev–Trinajstić information content (AvgIpc) is 2.63. The van der Waals surface area contributed by atoms with E-state index < -0.39 is 0 Å². The topological polar surface area (TPSA) is 73.5 Å². The summed E-state index contributed by atoms with van der Waals surface area (Å²) in [5.41, 5.74) is 2.53. The van der Waals surface area contributed by atoms with Crippen molar-refractivity contribution in [2.75, 3.05) is 26.2 Å². The molecule has 2 unspecified atom stereocenters. The van der Waals surface area contributed by atoms with Gasteiger partial charge in [0.2, 0.25) is 5.91 Å². The average molecular weight is 344 g/mol. The van der Waals surface area contributed by atoms with E-state index in [1.165, 1.54) is 11.1 Å². The summed E-state index contributed by atoms with van der Waals surface area (Å²) in [6.07, 6.45) is 2.18. The Morgan fingerprint density at radius 2 is 2.08 bits per heavy atom. The number of urea groups is 1. The van der Waals surface area contributed by atoms with Crippen molar-refractivity contribution < 1.29 is 9.59 Å². The summed E-state index contributed by atoms with van der Waals surface area (Å²) in [6.45, 7) is 5.78. The third kappa shape index (κ3) is 4.72. The van der Waals surface area contributed by atoms with Crippen molar-refractivity contribution in [3.8, 4) is 0 Å². The number of carbonyl (C=O) groups excluding carboxylic acids is 2. The summed E-state index contributed by atoms with van der Waals surface area (Å²) >= 11 is 0. The lowest BCUT2D eigenvalue weighted by molar-refractivity contribution is -0.122. The van der Waals surface area contributed by atoms with Gasteiger partial charge in [0.1, 0.15) is 0 Å². The van der Waals surface area contributed by atoms with Crippen LogP contribution in [-0.2, 0) is 17.8 Å². The number of hydrogen-bond donors (Lipinski definition) is 3. The van der Waals surface area contributed by atoms with E-state index in [-0.39, 0.29) is 18.0 Å². The summed E-state index contributed by atoms with van der Waals surface area (Å²) < 4.78 is 0. The molecule has 6 heteroatoms. The lowest BCUT2D eigenvalue weighted by Crippen LogP contribution is -2.49. The predicted molar refractivity (Wildman–Crippen MR) is 97.2 cm³/mol. The first-order valence-corrected chi connectivity index (χ1v) is 9.23. The number of nitrogens with one attached hydrogen (secondary N) is 3. The van der Waals surface area contributed by atoms with Crippen LogP contribution in [0.1, 0.15) is 30.9 Å². The molecule has 1 fully saturated rings. The molecule has 6 nitrogen and oxygen atoms in total. The molecule has 136 valence electrons. The van der Waals surface area contributed by atoms with E-state index in [0.717, 1.165) is 32.5 Å². The van der Waals surface area contributed by atoms with Crippen molar-refractivity contribution in [3.63, 3.8) is 0 Å². The van der Waals surface area contributed by atoms with E-state index in [0.29, 0.717) is 25.4 Å². The summed E-state index contributed by atoms with van der Waals surface area (Å²) in [7, 11) is 0. The summed E-state index contributed by atoms with van der Waals surface area (Å²) in [5.74, 6) is 0.462. The zero-order chi connectivity index (χ0) is 17.6. The molecule has 1 aromatic carbocycles. The molecule has 3 amide bonds. The highest BCUT2D eigenvalue weighted by Gasteiger charge is 2.23. The third-order valence-electron chi connectivity index (χ3n) is 5.18. The molecule has 3 N–H and O–H groups in total.